The van der Waals surface area contributed by atoms with Crippen molar-refractivity contribution in [1.82, 2.24) is 14.5 Å². The van der Waals surface area contributed by atoms with E-state index in [0.717, 1.165) is 27.8 Å². The Morgan fingerprint density at radius 1 is 0.750 bits per heavy atom. The highest BCUT2D eigenvalue weighted by molar-refractivity contribution is 5.94. The van der Waals surface area contributed by atoms with Crippen molar-refractivity contribution in [3.63, 3.8) is 0 Å². The fraction of sp³-hybridized carbons (Fsp3) is 0.250. The van der Waals surface area contributed by atoms with Gasteiger partial charge in [0, 0.05) is 12.1 Å². The summed E-state index contributed by atoms with van der Waals surface area (Å²) >= 11 is 0. The maximum Gasteiger partial charge on any atom is 0.332 e. The highest BCUT2D eigenvalue weighted by Crippen LogP contribution is 2.27. The molecule has 1 aromatic heterocycles. The monoisotopic (exact) mass is 591 g/mol. The molecule has 8 nitrogen and oxygen atoms in total. The molecule has 1 N–H and O–H groups in total. The number of carbonyl (C=O) groups is 1. The molecule has 0 saturated heterocycles. The van der Waals surface area contributed by atoms with Crippen molar-refractivity contribution in [3.8, 4) is 11.5 Å². The number of amides is 1. The first-order valence-corrected chi connectivity index (χ1v) is 14.6. The second-order valence-electron chi connectivity index (χ2n) is 11.0. The Kier molecular flexibility index (Phi) is 8.99. The predicted octanol–water partition coefficient (Wildman–Crippen LogP) is 5.17. The molecule has 0 radical (unpaired) electrons. The van der Waals surface area contributed by atoms with Crippen LogP contribution in [0, 0.1) is 20.8 Å². The van der Waals surface area contributed by atoms with E-state index in [2.05, 4.69) is 24.4 Å². The molecule has 5 aromatic rings. The van der Waals surface area contributed by atoms with Crippen LogP contribution in [-0.4, -0.2) is 35.8 Å². The predicted molar refractivity (Wildman–Crippen MR) is 173 cm³/mol. The van der Waals surface area contributed by atoms with Gasteiger partial charge in [-0.2, -0.15) is 0 Å². The molecule has 1 heterocycles. The second kappa shape index (κ2) is 13.0. The van der Waals surface area contributed by atoms with Gasteiger partial charge in [-0.25, -0.2) is 4.79 Å². The van der Waals surface area contributed by atoms with Crippen LogP contribution in [0.15, 0.2) is 88.5 Å². The highest BCUT2D eigenvalue weighted by atomic mass is 16.5. The molecule has 0 aliphatic carbocycles. The fourth-order valence-corrected chi connectivity index (χ4v) is 5.68. The Morgan fingerprint density at radius 2 is 1.41 bits per heavy atom. The molecule has 0 bridgehead atoms. The molecule has 0 atom stereocenters. The molecule has 5 rings (SSSR count). The van der Waals surface area contributed by atoms with Gasteiger partial charge in [0.2, 0.25) is 0 Å². The van der Waals surface area contributed by atoms with Crippen molar-refractivity contribution in [2.24, 2.45) is 0 Å². The van der Waals surface area contributed by atoms with E-state index in [1.165, 1.54) is 10.1 Å². The zero-order valence-corrected chi connectivity index (χ0v) is 25.8. The van der Waals surface area contributed by atoms with Gasteiger partial charge < -0.3 is 14.8 Å². The third kappa shape index (κ3) is 6.29. The summed E-state index contributed by atoms with van der Waals surface area (Å²) in [4.78, 5) is 40.1. The number of nitrogens with zero attached hydrogens (tertiary/aromatic N) is 2. The Bertz CT molecular complexity index is 1930. The zero-order chi connectivity index (χ0) is 31.4. The van der Waals surface area contributed by atoms with Crippen LogP contribution < -0.4 is 26.0 Å². The summed E-state index contributed by atoms with van der Waals surface area (Å²) in [6.45, 7) is 7.05. The van der Waals surface area contributed by atoms with Crippen LogP contribution in [-0.2, 0) is 19.5 Å². The number of para-hydroxylation sites is 1. The van der Waals surface area contributed by atoms with Crippen molar-refractivity contribution < 1.29 is 14.3 Å². The summed E-state index contributed by atoms with van der Waals surface area (Å²) in [6, 6.07) is 24.1. The summed E-state index contributed by atoms with van der Waals surface area (Å²) in [5, 5.41) is 3.43. The minimum Gasteiger partial charge on any atom is -0.493 e. The molecule has 44 heavy (non-hydrogen) atoms. The molecule has 0 aliphatic heterocycles. The SMILES string of the molecule is COc1ccc(CCNC(=O)c2ccc(Cn3c(=O)c4ccccc4n(Cc4c(C)cc(C)cc4C)c3=O)cc2)cc1OC. The molecular formula is C36H37N3O5. The maximum atomic E-state index is 13.8. The molecule has 0 unspecified atom stereocenters. The lowest BCUT2D eigenvalue weighted by molar-refractivity contribution is 0.0954. The van der Waals surface area contributed by atoms with Gasteiger partial charge in [-0.3, -0.25) is 18.7 Å². The number of methoxy groups -OCH3 is 2. The lowest BCUT2D eigenvalue weighted by Crippen LogP contribution is -2.40. The lowest BCUT2D eigenvalue weighted by atomic mass is 9.99. The van der Waals surface area contributed by atoms with E-state index in [9.17, 15) is 14.4 Å². The lowest BCUT2D eigenvalue weighted by Gasteiger charge is -2.17. The third-order valence-electron chi connectivity index (χ3n) is 7.99. The normalized spacial score (nSPS) is 11.0. The van der Waals surface area contributed by atoms with Gasteiger partial charge in [-0.05, 0) is 91.4 Å². The molecule has 1 amide bonds. The van der Waals surface area contributed by atoms with Crippen molar-refractivity contribution in [3.05, 3.63) is 139 Å². The van der Waals surface area contributed by atoms with E-state index in [1.54, 1.807) is 49.1 Å². The minimum absolute atomic E-state index is 0.0928. The standard InChI is InChI=1S/C36H37N3O5/c1-23-18-24(2)30(25(3)19-23)22-38-31-9-7-6-8-29(31)35(41)39(36(38)42)21-27-10-13-28(14-11-27)34(40)37-17-16-26-12-15-32(43-4)33(20-26)44-5/h6-15,18-20H,16-17,21-22H2,1-5H3,(H,37,40). The number of aromatic nitrogens is 2. The summed E-state index contributed by atoms with van der Waals surface area (Å²) in [7, 11) is 3.18. The fourth-order valence-electron chi connectivity index (χ4n) is 5.68. The van der Waals surface area contributed by atoms with Gasteiger partial charge in [0.25, 0.3) is 11.5 Å². The van der Waals surface area contributed by atoms with E-state index in [4.69, 9.17) is 9.47 Å². The number of hydrogen-bond donors (Lipinski definition) is 1. The van der Waals surface area contributed by atoms with Gasteiger partial charge in [0.15, 0.2) is 11.5 Å². The van der Waals surface area contributed by atoms with E-state index in [0.29, 0.717) is 47.5 Å². The summed E-state index contributed by atoms with van der Waals surface area (Å²) in [6.07, 6.45) is 0.628. The number of ether oxygens (including phenoxy) is 2. The average molecular weight is 592 g/mol. The number of fused-ring (bicyclic) bond motifs is 1. The quantitative estimate of drug-likeness (QED) is 0.242. The topological polar surface area (TPSA) is 91.6 Å². The van der Waals surface area contributed by atoms with Crippen LogP contribution >= 0.6 is 0 Å². The third-order valence-corrected chi connectivity index (χ3v) is 7.99. The minimum atomic E-state index is -0.370. The van der Waals surface area contributed by atoms with Crippen LogP contribution in [0.25, 0.3) is 10.9 Å². The highest BCUT2D eigenvalue weighted by Gasteiger charge is 2.16. The van der Waals surface area contributed by atoms with Gasteiger partial charge in [0.05, 0.1) is 38.2 Å². The van der Waals surface area contributed by atoms with Crippen molar-refractivity contribution in [1.29, 1.82) is 0 Å². The number of hydrogen-bond acceptors (Lipinski definition) is 5. The Morgan fingerprint density at radius 3 is 2.09 bits per heavy atom. The van der Waals surface area contributed by atoms with Gasteiger partial charge in [-0.1, -0.05) is 48.0 Å². The molecule has 0 saturated carbocycles. The summed E-state index contributed by atoms with van der Waals surface area (Å²) < 4.78 is 13.6. The van der Waals surface area contributed by atoms with Gasteiger partial charge in [-0.15, -0.1) is 0 Å². The number of nitrogens with one attached hydrogen (secondary N) is 1. The van der Waals surface area contributed by atoms with Gasteiger partial charge in [0.1, 0.15) is 0 Å². The number of benzene rings is 4. The maximum absolute atomic E-state index is 13.8. The second-order valence-corrected chi connectivity index (χ2v) is 11.0. The largest absolute Gasteiger partial charge is 0.493 e. The van der Waals surface area contributed by atoms with E-state index in [1.807, 2.05) is 50.2 Å². The Balaban J connectivity index is 1.34. The Labute approximate surface area is 256 Å². The van der Waals surface area contributed by atoms with Gasteiger partial charge >= 0.3 is 5.69 Å². The molecule has 8 heteroatoms. The number of aryl methyl sites for hydroxylation is 3. The van der Waals surface area contributed by atoms with Crippen molar-refractivity contribution in [2.75, 3.05) is 20.8 Å². The van der Waals surface area contributed by atoms with E-state index in [-0.39, 0.29) is 23.7 Å². The van der Waals surface area contributed by atoms with Crippen LogP contribution in [0.3, 0.4) is 0 Å². The zero-order valence-electron chi connectivity index (χ0n) is 25.8. The molecule has 4 aromatic carbocycles. The number of rotatable bonds is 10. The molecule has 226 valence electrons. The first kappa shape index (κ1) is 30.4. The average Bonchev–Trinajstić information content (AvgIpc) is 3.02. The molecule has 0 aliphatic rings. The molecular weight excluding hydrogens is 554 g/mol. The van der Waals surface area contributed by atoms with Crippen LogP contribution in [0.4, 0.5) is 0 Å². The van der Waals surface area contributed by atoms with Crippen molar-refractivity contribution >= 4 is 16.8 Å². The van der Waals surface area contributed by atoms with Crippen molar-refractivity contribution in [2.45, 2.75) is 40.3 Å². The van der Waals surface area contributed by atoms with E-state index >= 15 is 0 Å². The first-order chi connectivity index (χ1) is 21.2. The van der Waals surface area contributed by atoms with E-state index < -0.39 is 0 Å². The Hall–Kier alpha value is -5.11. The molecule has 0 spiro atoms. The van der Waals surface area contributed by atoms with Crippen LogP contribution in [0.1, 0.15) is 43.7 Å². The summed E-state index contributed by atoms with van der Waals surface area (Å²) in [5.74, 6) is 1.09. The number of carbonyl (C=O) groups excluding carboxylic acids is 1. The first-order valence-electron chi connectivity index (χ1n) is 14.6. The van der Waals surface area contributed by atoms with Crippen LogP contribution in [0.2, 0.25) is 0 Å². The summed E-state index contributed by atoms with van der Waals surface area (Å²) in [5.41, 5.74) is 6.60. The molecule has 0 fully saturated rings. The van der Waals surface area contributed by atoms with Crippen LogP contribution in [0.5, 0.6) is 11.5 Å². The smallest absolute Gasteiger partial charge is 0.332 e.